The van der Waals surface area contributed by atoms with E-state index in [2.05, 4.69) is 10.6 Å². The molecule has 8 heteroatoms. The second kappa shape index (κ2) is 6.59. The normalized spacial score (nSPS) is 13.7. The van der Waals surface area contributed by atoms with E-state index in [-0.39, 0.29) is 9.79 Å². The largest absolute Gasteiger partial charge is 0.261 e. The van der Waals surface area contributed by atoms with Crippen LogP contribution >= 0.6 is 10.7 Å². The smallest absolute Gasteiger partial charge is 0.207 e. The third-order valence-electron chi connectivity index (χ3n) is 2.47. The number of hydrogen-bond acceptors (Lipinski definition) is 4. The van der Waals surface area contributed by atoms with Crippen molar-refractivity contribution in [2.24, 2.45) is 0 Å². The highest BCUT2D eigenvalue weighted by Crippen LogP contribution is 2.19. The molecule has 0 saturated heterocycles. The quantitative estimate of drug-likeness (QED) is 0.633. The molecule has 0 radical (unpaired) electrons. The number of sulfonamides is 1. The Labute approximate surface area is 123 Å². The van der Waals surface area contributed by atoms with Gasteiger partial charge in [-0.2, -0.15) is 4.72 Å². The molecule has 20 heavy (non-hydrogen) atoms. The molecular weight excluding hydrogens is 322 g/mol. The van der Waals surface area contributed by atoms with E-state index in [9.17, 15) is 16.8 Å². The first-order valence-electron chi connectivity index (χ1n) is 5.74. The molecule has 0 saturated carbocycles. The van der Waals surface area contributed by atoms with Gasteiger partial charge in [0, 0.05) is 10.7 Å². The molecular formula is C12H14ClNO4S2. The molecule has 0 heterocycles. The average molecular weight is 336 g/mol. The molecule has 0 aliphatic heterocycles. The molecule has 0 aromatic heterocycles. The highest BCUT2D eigenvalue weighted by molar-refractivity contribution is 8.13. The van der Waals surface area contributed by atoms with Gasteiger partial charge in [0.15, 0.2) is 0 Å². The van der Waals surface area contributed by atoms with E-state index >= 15 is 0 Å². The molecule has 1 aromatic rings. The maximum atomic E-state index is 12.1. The van der Waals surface area contributed by atoms with Crippen molar-refractivity contribution >= 4 is 29.8 Å². The number of benzene rings is 1. The van der Waals surface area contributed by atoms with Gasteiger partial charge in [0.05, 0.1) is 15.8 Å². The third-order valence-corrected chi connectivity index (χ3v) is 5.29. The van der Waals surface area contributed by atoms with Crippen molar-refractivity contribution in [1.82, 2.24) is 4.72 Å². The monoisotopic (exact) mass is 335 g/mol. The maximum Gasteiger partial charge on any atom is 0.261 e. The lowest BCUT2D eigenvalue weighted by Gasteiger charge is -2.12. The van der Waals surface area contributed by atoms with E-state index in [1.807, 2.05) is 6.92 Å². The fourth-order valence-electron chi connectivity index (χ4n) is 1.51. The number of rotatable bonds is 6. The Bertz CT molecular complexity index is 720. The second-order valence-corrected chi connectivity index (χ2v) is 8.32. The van der Waals surface area contributed by atoms with Gasteiger partial charge in [-0.25, -0.2) is 16.8 Å². The van der Waals surface area contributed by atoms with Crippen LogP contribution in [0, 0.1) is 12.3 Å². The minimum absolute atomic E-state index is 0.199. The van der Waals surface area contributed by atoms with Crippen LogP contribution in [0.1, 0.15) is 19.8 Å². The van der Waals surface area contributed by atoms with Crippen LogP contribution in [0.3, 0.4) is 0 Å². The molecule has 0 bridgehead atoms. The molecule has 1 aromatic carbocycles. The molecule has 1 unspecified atom stereocenters. The Kier molecular flexibility index (Phi) is 5.59. The van der Waals surface area contributed by atoms with Crippen molar-refractivity contribution in [3.8, 4) is 12.3 Å². The van der Waals surface area contributed by atoms with Crippen molar-refractivity contribution in [1.29, 1.82) is 0 Å². The van der Waals surface area contributed by atoms with Gasteiger partial charge < -0.3 is 0 Å². The molecule has 0 spiro atoms. The summed E-state index contributed by atoms with van der Waals surface area (Å²) in [6, 6.07) is 4.14. The summed E-state index contributed by atoms with van der Waals surface area (Å²) in [5, 5.41) is 0. The summed E-state index contributed by atoms with van der Waals surface area (Å²) < 4.78 is 49.0. The Morgan fingerprint density at radius 3 is 2.40 bits per heavy atom. The van der Waals surface area contributed by atoms with E-state index in [1.54, 1.807) is 0 Å². The predicted octanol–water partition coefficient (Wildman–Crippen LogP) is 1.69. The number of halogens is 1. The van der Waals surface area contributed by atoms with E-state index in [1.165, 1.54) is 18.2 Å². The molecule has 1 N–H and O–H groups in total. The van der Waals surface area contributed by atoms with Crippen LogP contribution in [0.4, 0.5) is 0 Å². The molecule has 1 atom stereocenters. The van der Waals surface area contributed by atoms with Crippen LogP contribution in [-0.2, 0) is 19.1 Å². The standard InChI is InChI=1S/C12H14ClNO4S2/c1-3-6-10(4-2)14-20(17,18)12-8-5-7-11(9-12)19(13,15)16/h2,5,7-10,14H,3,6H2,1H3. The van der Waals surface area contributed by atoms with Crippen LogP contribution in [0.5, 0.6) is 0 Å². The van der Waals surface area contributed by atoms with Crippen molar-refractivity contribution in [2.45, 2.75) is 35.6 Å². The fourth-order valence-corrected chi connectivity index (χ4v) is 3.62. The summed E-state index contributed by atoms with van der Waals surface area (Å²) in [6.45, 7) is 1.87. The van der Waals surface area contributed by atoms with Crippen molar-refractivity contribution in [2.75, 3.05) is 0 Å². The van der Waals surface area contributed by atoms with Gasteiger partial charge in [-0.3, -0.25) is 0 Å². The van der Waals surface area contributed by atoms with Gasteiger partial charge in [-0.15, -0.1) is 6.42 Å². The first-order valence-corrected chi connectivity index (χ1v) is 9.53. The Morgan fingerprint density at radius 2 is 1.90 bits per heavy atom. The molecule has 110 valence electrons. The lowest BCUT2D eigenvalue weighted by atomic mass is 10.2. The van der Waals surface area contributed by atoms with Gasteiger partial charge >= 0.3 is 0 Å². The molecule has 0 amide bonds. The highest BCUT2D eigenvalue weighted by Gasteiger charge is 2.20. The summed E-state index contributed by atoms with van der Waals surface area (Å²) >= 11 is 0. The lowest BCUT2D eigenvalue weighted by molar-refractivity contribution is 0.564. The van der Waals surface area contributed by atoms with E-state index < -0.39 is 25.1 Å². The van der Waals surface area contributed by atoms with Crippen LogP contribution < -0.4 is 4.72 Å². The van der Waals surface area contributed by atoms with Gasteiger partial charge in [0.2, 0.25) is 10.0 Å². The van der Waals surface area contributed by atoms with Crippen LogP contribution in [-0.4, -0.2) is 22.9 Å². The minimum Gasteiger partial charge on any atom is -0.207 e. The summed E-state index contributed by atoms with van der Waals surface area (Å²) in [4.78, 5) is -0.481. The Hall–Kier alpha value is -1.07. The van der Waals surface area contributed by atoms with Crippen LogP contribution in [0.25, 0.3) is 0 Å². The summed E-state index contributed by atoms with van der Waals surface area (Å²) in [6.07, 6.45) is 6.45. The maximum absolute atomic E-state index is 12.1. The number of nitrogens with one attached hydrogen (secondary N) is 1. The first kappa shape index (κ1) is 17.0. The zero-order chi connectivity index (χ0) is 15.4. The number of terminal acetylenes is 1. The van der Waals surface area contributed by atoms with Crippen molar-refractivity contribution in [3.05, 3.63) is 24.3 Å². The fraction of sp³-hybridized carbons (Fsp3) is 0.333. The number of hydrogen-bond donors (Lipinski definition) is 1. The molecule has 5 nitrogen and oxygen atoms in total. The summed E-state index contributed by atoms with van der Waals surface area (Å²) in [5.41, 5.74) is 0. The van der Waals surface area contributed by atoms with Gasteiger partial charge in [-0.1, -0.05) is 25.3 Å². The third kappa shape index (κ3) is 4.49. The minimum atomic E-state index is -3.99. The molecule has 0 aliphatic carbocycles. The van der Waals surface area contributed by atoms with E-state index in [4.69, 9.17) is 17.1 Å². The van der Waals surface area contributed by atoms with Crippen molar-refractivity contribution < 1.29 is 16.8 Å². The highest BCUT2D eigenvalue weighted by atomic mass is 35.7. The Morgan fingerprint density at radius 1 is 1.30 bits per heavy atom. The SMILES string of the molecule is C#CC(CCC)NS(=O)(=O)c1cccc(S(=O)(=O)Cl)c1. The van der Waals surface area contributed by atoms with Crippen molar-refractivity contribution in [3.63, 3.8) is 0 Å². The van der Waals surface area contributed by atoms with Gasteiger partial charge in [-0.05, 0) is 24.6 Å². The summed E-state index contributed by atoms with van der Waals surface area (Å²) in [5.74, 6) is 2.34. The van der Waals surface area contributed by atoms with Crippen LogP contribution in [0.2, 0.25) is 0 Å². The lowest BCUT2D eigenvalue weighted by Crippen LogP contribution is -2.33. The van der Waals surface area contributed by atoms with E-state index in [0.29, 0.717) is 12.8 Å². The second-order valence-electron chi connectivity index (χ2n) is 4.04. The van der Waals surface area contributed by atoms with E-state index in [0.717, 1.165) is 6.07 Å². The van der Waals surface area contributed by atoms with Gasteiger partial charge in [0.25, 0.3) is 9.05 Å². The van der Waals surface area contributed by atoms with Crippen LogP contribution in [0.15, 0.2) is 34.1 Å². The zero-order valence-corrected chi connectivity index (χ0v) is 13.1. The Balaban J connectivity index is 3.14. The topological polar surface area (TPSA) is 80.3 Å². The average Bonchev–Trinajstić information content (AvgIpc) is 2.37. The van der Waals surface area contributed by atoms with Gasteiger partial charge in [0.1, 0.15) is 0 Å². The molecule has 1 rings (SSSR count). The first-order chi connectivity index (χ1) is 9.20. The predicted molar refractivity (Wildman–Crippen MR) is 77.3 cm³/mol. The molecule has 0 aliphatic rings. The summed E-state index contributed by atoms with van der Waals surface area (Å²) in [7, 11) is -2.69. The zero-order valence-electron chi connectivity index (χ0n) is 10.7. The molecule has 0 fully saturated rings.